The number of methoxy groups -OCH3 is 1. The van der Waals surface area contributed by atoms with Gasteiger partial charge in [-0.25, -0.2) is 4.39 Å². The zero-order valence-corrected chi connectivity index (χ0v) is 13.6. The molecule has 0 N–H and O–H groups in total. The van der Waals surface area contributed by atoms with Crippen LogP contribution in [0.3, 0.4) is 0 Å². The number of benzene rings is 1. The van der Waals surface area contributed by atoms with Crippen LogP contribution in [-0.2, 0) is 11.2 Å². The standard InChI is InChI=1S/C18H26FNO2/c1-3-20(15-7-5-4-6-8-15)18(21)12-10-14-9-11-17(22-2)16(19)13-14/h9,11,13,15H,3-8,10,12H2,1-2H3. The van der Waals surface area contributed by atoms with Crippen LogP contribution in [0.1, 0.15) is 51.0 Å². The Kier molecular flexibility index (Phi) is 6.22. The quantitative estimate of drug-likeness (QED) is 0.796. The zero-order valence-electron chi connectivity index (χ0n) is 13.6. The first-order valence-corrected chi connectivity index (χ1v) is 8.27. The van der Waals surface area contributed by atoms with Crippen molar-refractivity contribution in [3.63, 3.8) is 0 Å². The highest BCUT2D eigenvalue weighted by atomic mass is 19.1. The molecule has 1 saturated carbocycles. The van der Waals surface area contributed by atoms with E-state index < -0.39 is 0 Å². The summed E-state index contributed by atoms with van der Waals surface area (Å²) in [4.78, 5) is 14.5. The van der Waals surface area contributed by atoms with Gasteiger partial charge < -0.3 is 9.64 Å². The monoisotopic (exact) mass is 307 g/mol. The number of carbonyl (C=O) groups excluding carboxylic acids is 1. The average molecular weight is 307 g/mol. The molecule has 1 aromatic carbocycles. The fourth-order valence-corrected chi connectivity index (χ4v) is 3.29. The van der Waals surface area contributed by atoms with Crippen molar-refractivity contribution >= 4 is 5.91 Å². The number of aryl methyl sites for hydroxylation is 1. The van der Waals surface area contributed by atoms with Crippen molar-refractivity contribution in [3.05, 3.63) is 29.6 Å². The normalized spacial score (nSPS) is 15.6. The van der Waals surface area contributed by atoms with Crippen LogP contribution in [0.5, 0.6) is 5.75 Å². The van der Waals surface area contributed by atoms with Crippen LogP contribution >= 0.6 is 0 Å². The summed E-state index contributed by atoms with van der Waals surface area (Å²) in [5.74, 6) is 0.0603. The molecule has 0 spiro atoms. The van der Waals surface area contributed by atoms with Crippen LogP contribution < -0.4 is 4.74 Å². The minimum Gasteiger partial charge on any atom is -0.494 e. The van der Waals surface area contributed by atoms with Gasteiger partial charge in [0.25, 0.3) is 0 Å². The van der Waals surface area contributed by atoms with Gasteiger partial charge in [0.1, 0.15) is 0 Å². The van der Waals surface area contributed by atoms with Crippen molar-refractivity contribution in [3.8, 4) is 5.75 Å². The number of nitrogens with zero attached hydrogens (tertiary/aromatic N) is 1. The largest absolute Gasteiger partial charge is 0.494 e. The number of hydrogen-bond acceptors (Lipinski definition) is 2. The van der Waals surface area contributed by atoms with Gasteiger partial charge in [-0.3, -0.25) is 4.79 Å². The molecule has 4 heteroatoms. The molecule has 122 valence electrons. The lowest BCUT2D eigenvalue weighted by Crippen LogP contribution is -2.41. The van der Waals surface area contributed by atoms with E-state index >= 15 is 0 Å². The Hall–Kier alpha value is -1.58. The summed E-state index contributed by atoms with van der Waals surface area (Å²) >= 11 is 0. The van der Waals surface area contributed by atoms with Crippen molar-refractivity contribution in [2.75, 3.05) is 13.7 Å². The number of rotatable bonds is 6. The molecule has 1 aromatic rings. The van der Waals surface area contributed by atoms with E-state index in [0.717, 1.165) is 24.9 Å². The van der Waals surface area contributed by atoms with Crippen LogP contribution in [0.2, 0.25) is 0 Å². The van der Waals surface area contributed by atoms with Crippen LogP contribution in [0, 0.1) is 5.82 Å². The van der Waals surface area contributed by atoms with Crippen molar-refractivity contribution in [1.82, 2.24) is 4.90 Å². The molecule has 0 aromatic heterocycles. The highest BCUT2D eigenvalue weighted by Gasteiger charge is 2.23. The minimum absolute atomic E-state index is 0.186. The summed E-state index contributed by atoms with van der Waals surface area (Å²) in [5, 5.41) is 0. The molecular weight excluding hydrogens is 281 g/mol. The molecule has 0 saturated heterocycles. The highest BCUT2D eigenvalue weighted by molar-refractivity contribution is 5.76. The lowest BCUT2D eigenvalue weighted by atomic mass is 9.94. The molecule has 1 amide bonds. The molecule has 1 fully saturated rings. The summed E-state index contributed by atoms with van der Waals surface area (Å²) in [5.41, 5.74) is 0.839. The molecule has 0 bridgehead atoms. The maximum absolute atomic E-state index is 13.7. The van der Waals surface area contributed by atoms with E-state index in [4.69, 9.17) is 4.74 Å². The van der Waals surface area contributed by atoms with Gasteiger partial charge in [0.2, 0.25) is 5.91 Å². The van der Waals surface area contributed by atoms with Crippen molar-refractivity contribution in [2.24, 2.45) is 0 Å². The Bertz CT molecular complexity index is 498. The highest BCUT2D eigenvalue weighted by Crippen LogP contribution is 2.24. The van der Waals surface area contributed by atoms with Crippen molar-refractivity contribution in [2.45, 2.75) is 57.9 Å². The minimum atomic E-state index is -0.368. The van der Waals surface area contributed by atoms with Gasteiger partial charge in [0.05, 0.1) is 7.11 Å². The summed E-state index contributed by atoms with van der Waals surface area (Å²) in [7, 11) is 1.45. The van der Waals surface area contributed by atoms with Crippen molar-refractivity contribution in [1.29, 1.82) is 0 Å². The third-order valence-corrected chi connectivity index (χ3v) is 4.52. The van der Waals surface area contributed by atoms with Crippen LogP contribution in [0.15, 0.2) is 18.2 Å². The number of ether oxygens (including phenoxy) is 1. The zero-order chi connectivity index (χ0) is 15.9. The first-order chi connectivity index (χ1) is 10.7. The molecule has 3 nitrogen and oxygen atoms in total. The number of amides is 1. The molecule has 0 unspecified atom stereocenters. The molecule has 1 aliphatic carbocycles. The Balaban J connectivity index is 1.91. The lowest BCUT2D eigenvalue weighted by Gasteiger charge is -2.33. The van der Waals surface area contributed by atoms with Crippen LogP contribution in [0.4, 0.5) is 4.39 Å². The second kappa shape index (κ2) is 8.16. The third-order valence-electron chi connectivity index (χ3n) is 4.52. The molecule has 0 atom stereocenters. The van der Waals surface area contributed by atoms with E-state index in [1.165, 1.54) is 32.4 Å². The van der Waals surface area contributed by atoms with Gasteiger partial charge in [-0.2, -0.15) is 0 Å². The van der Waals surface area contributed by atoms with E-state index in [1.807, 2.05) is 17.9 Å². The first kappa shape index (κ1) is 16.8. The fraction of sp³-hybridized carbons (Fsp3) is 0.611. The van der Waals surface area contributed by atoms with E-state index in [1.54, 1.807) is 6.07 Å². The molecule has 0 heterocycles. The topological polar surface area (TPSA) is 29.5 Å². The van der Waals surface area contributed by atoms with Gasteiger partial charge >= 0.3 is 0 Å². The van der Waals surface area contributed by atoms with Gasteiger partial charge in [0.15, 0.2) is 11.6 Å². The summed E-state index contributed by atoms with van der Waals surface area (Å²) in [6, 6.07) is 5.31. The number of halogens is 1. The second-order valence-electron chi connectivity index (χ2n) is 5.94. The maximum Gasteiger partial charge on any atom is 0.223 e. The van der Waals surface area contributed by atoms with Gasteiger partial charge in [0, 0.05) is 19.0 Å². The molecule has 22 heavy (non-hydrogen) atoms. The predicted molar refractivity (Wildman–Crippen MR) is 85.5 cm³/mol. The smallest absolute Gasteiger partial charge is 0.223 e. The van der Waals surface area contributed by atoms with E-state index in [9.17, 15) is 9.18 Å². The SMILES string of the molecule is CCN(C(=O)CCc1ccc(OC)c(F)c1)C1CCCCC1. The molecule has 0 aliphatic heterocycles. The summed E-state index contributed by atoms with van der Waals surface area (Å²) in [6.07, 6.45) is 6.98. The van der Waals surface area contributed by atoms with E-state index in [2.05, 4.69) is 0 Å². The molecule has 0 radical (unpaired) electrons. The second-order valence-corrected chi connectivity index (χ2v) is 5.94. The van der Waals surface area contributed by atoms with Gasteiger partial charge in [-0.05, 0) is 43.9 Å². The summed E-state index contributed by atoms with van der Waals surface area (Å²) < 4.78 is 18.6. The van der Waals surface area contributed by atoms with Crippen LogP contribution in [0.25, 0.3) is 0 Å². The third kappa shape index (κ3) is 4.21. The molecule has 2 rings (SSSR count). The predicted octanol–water partition coefficient (Wildman–Crippen LogP) is 3.95. The van der Waals surface area contributed by atoms with E-state index in [-0.39, 0.29) is 17.5 Å². The first-order valence-electron chi connectivity index (χ1n) is 8.27. The Labute approximate surface area is 132 Å². The Morgan fingerprint density at radius 3 is 2.64 bits per heavy atom. The molecular formula is C18H26FNO2. The van der Waals surface area contributed by atoms with Crippen LogP contribution in [-0.4, -0.2) is 30.5 Å². The average Bonchev–Trinajstić information content (AvgIpc) is 2.55. The lowest BCUT2D eigenvalue weighted by molar-refractivity contribution is -0.133. The number of carbonyl (C=O) groups is 1. The molecule has 1 aliphatic rings. The maximum atomic E-state index is 13.7. The van der Waals surface area contributed by atoms with Gasteiger partial charge in [-0.15, -0.1) is 0 Å². The van der Waals surface area contributed by atoms with E-state index in [0.29, 0.717) is 18.9 Å². The number of hydrogen-bond donors (Lipinski definition) is 0. The summed E-state index contributed by atoms with van der Waals surface area (Å²) in [6.45, 7) is 2.81. The van der Waals surface area contributed by atoms with Crippen molar-refractivity contribution < 1.29 is 13.9 Å². The Morgan fingerprint density at radius 1 is 1.32 bits per heavy atom. The Morgan fingerprint density at radius 2 is 2.05 bits per heavy atom. The fourth-order valence-electron chi connectivity index (χ4n) is 3.29. The van der Waals surface area contributed by atoms with Gasteiger partial charge in [-0.1, -0.05) is 25.3 Å².